The zero-order valence-electron chi connectivity index (χ0n) is 13.8. The summed E-state index contributed by atoms with van der Waals surface area (Å²) >= 11 is 0. The number of rotatable bonds is 7. The third kappa shape index (κ3) is 4.66. The molecule has 0 bridgehead atoms. The van der Waals surface area contributed by atoms with Crippen molar-refractivity contribution in [1.82, 2.24) is 0 Å². The minimum Gasteiger partial charge on any atom is -0.487 e. The molecule has 0 atom stereocenters. The van der Waals surface area contributed by atoms with Crippen LogP contribution in [0.4, 0.5) is 15.8 Å². The molecule has 0 aliphatic heterocycles. The summed E-state index contributed by atoms with van der Waals surface area (Å²) < 4.78 is 23.5. The fourth-order valence-corrected chi connectivity index (χ4v) is 2.11. The van der Waals surface area contributed by atoms with Gasteiger partial charge in [0.15, 0.2) is 11.6 Å². The Morgan fingerprint density at radius 3 is 2.56 bits per heavy atom. The molecule has 132 valence electrons. The number of nitro benzene ring substituents is 1. The van der Waals surface area contributed by atoms with Crippen molar-refractivity contribution in [3.63, 3.8) is 0 Å². The minimum atomic E-state index is -0.717. The summed E-state index contributed by atoms with van der Waals surface area (Å²) in [6.45, 7) is -0.152. The maximum Gasteiger partial charge on any atom is 0.338 e. The van der Waals surface area contributed by atoms with Crippen LogP contribution in [0.5, 0.6) is 5.75 Å². The molecule has 0 aromatic heterocycles. The summed E-state index contributed by atoms with van der Waals surface area (Å²) in [7, 11) is 3.33. The molecule has 0 saturated carbocycles. The first kappa shape index (κ1) is 18.2. The van der Waals surface area contributed by atoms with E-state index >= 15 is 0 Å². The lowest BCUT2D eigenvalue weighted by molar-refractivity contribution is -0.384. The number of hydrogen-bond donors (Lipinski definition) is 0. The number of halogens is 1. The summed E-state index contributed by atoms with van der Waals surface area (Å²) in [5.74, 6) is -1.17. The Bertz CT molecular complexity index is 779. The number of carbonyl (C=O) groups excluding carboxylic acids is 1. The molecule has 0 heterocycles. The SMILES string of the molecule is CN(C)c1ccc(C(=O)OCCOc2ccccc2F)cc1[N+](=O)[O-]. The number of ether oxygens (including phenoxy) is 2. The van der Waals surface area contributed by atoms with Gasteiger partial charge in [0.2, 0.25) is 0 Å². The zero-order valence-corrected chi connectivity index (χ0v) is 13.8. The molecule has 0 radical (unpaired) electrons. The molecule has 0 amide bonds. The molecular weight excluding hydrogens is 331 g/mol. The van der Waals surface area contributed by atoms with Gasteiger partial charge in [-0.1, -0.05) is 12.1 Å². The van der Waals surface area contributed by atoms with Crippen molar-refractivity contribution in [2.75, 3.05) is 32.2 Å². The Kier molecular flexibility index (Phi) is 5.89. The number of para-hydroxylation sites is 1. The Labute approximate surface area is 143 Å². The van der Waals surface area contributed by atoms with Crippen molar-refractivity contribution in [2.45, 2.75) is 0 Å². The summed E-state index contributed by atoms with van der Waals surface area (Å²) in [5, 5.41) is 11.1. The van der Waals surface area contributed by atoms with Gasteiger partial charge in [-0.2, -0.15) is 0 Å². The van der Waals surface area contributed by atoms with Gasteiger partial charge in [0.05, 0.1) is 10.5 Å². The summed E-state index contributed by atoms with van der Waals surface area (Å²) in [6.07, 6.45) is 0. The van der Waals surface area contributed by atoms with Crippen LogP contribution >= 0.6 is 0 Å². The maximum atomic E-state index is 13.4. The first-order valence-electron chi connectivity index (χ1n) is 7.40. The number of carbonyl (C=O) groups is 1. The van der Waals surface area contributed by atoms with Crippen LogP contribution < -0.4 is 9.64 Å². The van der Waals surface area contributed by atoms with E-state index in [2.05, 4.69) is 0 Å². The second kappa shape index (κ2) is 8.09. The van der Waals surface area contributed by atoms with Crippen molar-refractivity contribution in [1.29, 1.82) is 0 Å². The highest BCUT2D eigenvalue weighted by molar-refractivity contribution is 5.91. The van der Waals surface area contributed by atoms with E-state index in [1.54, 1.807) is 25.1 Å². The quantitative estimate of drug-likeness (QED) is 0.331. The van der Waals surface area contributed by atoms with Crippen LogP contribution in [-0.2, 0) is 4.74 Å². The van der Waals surface area contributed by atoms with Crippen LogP contribution in [0.2, 0.25) is 0 Å². The molecule has 0 unspecified atom stereocenters. The van der Waals surface area contributed by atoms with Gasteiger partial charge in [-0.25, -0.2) is 9.18 Å². The van der Waals surface area contributed by atoms with Crippen molar-refractivity contribution in [3.8, 4) is 5.75 Å². The summed E-state index contributed by atoms with van der Waals surface area (Å²) in [6, 6.07) is 9.96. The summed E-state index contributed by atoms with van der Waals surface area (Å²) in [4.78, 5) is 24.1. The third-order valence-electron chi connectivity index (χ3n) is 3.30. The fraction of sp³-hybridized carbons (Fsp3) is 0.235. The minimum absolute atomic E-state index is 0.0372. The Morgan fingerprint density at radius 2 is 1.92 bits per heavy atom. The highest BCUT2D eigenvalue weighted by Gasteiger charge is 2.19. The number of nitro groups is 1. The van der Waals surface area contributed by atoms with Gasteiger partial charge in [-0.3, -0.25) is 10.1 Å². The van der Waals surface area contributed by atoms with E-state index in [1.165, 1.54) is 30.3 Å². The average molecular weight is 348 g/mol. The Hall–Kier alpha value is -3.16. The Morgan fingerprint density at radius 1 is 1.20 bits per heavy atom. The molecule has 25 heavy (non-hydrogen) atoms. The van der Waals surface area contributed by atoms with Crippen LogP contribution in [0.1, 0.15) is 10.4 Å². The third-order valence-corrected chi connectivity index (χ3v) is 3.30. The normalized spacial score (nSPS) is 10.2. The molecule has 7 nitrogen and oxygen atoms in total. The van der Waals surface area contributed by atoms with Crippen molar-refractivity contribution in [3.05, 3.63) is 64.0 Å². The topological polar surface area (TPSA) is 81.9 Å². The second-order valence-electron chi connectivity index (χ2n) is 5.27. The van der Waals surface area contributed by atoms with Gasteiger partial charge in [0.1, 0.15) is 18.9 Å². The molecule has 0 N–H and O–H groups in total. The smallest absolute Gasteiger partial charge is 0.338 e. The van der Waals surface area contributed by atoms with Crippen molar-refractivity contribution >= 4 is 17.3 Å². The first-order valence-corrected chi connectivity index (χ1v) is 7.40. The molecule has 2 aromatic carbocycles. The lowest BCUT2D eigenvalue weighted by Gasteiger charge is -2.13. The predicted molar refractivity (Wildman–Crippen MR) is 89.6 cm³/mol. The largest absolute Gasteiger partial charge is 0.487 e. The average Bonchev–Trinajstić information content (AvgIpc) is 2.59. The van der Waals surface area contributed by atoms with Gasteiger partial charge < -0.3 is 14.4 Å². The van der Waals surface area contributed by atoms with Gasteiger partial charge in [0, 0.05) is 20.2 Å². The molecule has 0 fully saturated rings. The van der Waals surface area contributed by atoms with Crippen LogP contribution in [0.3, 0.4) is 0 Å². The number of anilines is 1. The molecule has 0 aliphatic carbocycles. The molecule has 8 heteroatoms. The van der Waals surface area contributed by atoms with E-state index in [9.17, 15) is 19.3 Å². The highest BCUT2D eigenvalue weighted by atomic mass is 19.1. The number of esters is 1. The standard InChI is InChI=1S/C17H17FN2O5/c1-19(2)14-8-7-12(11-15(14)20(22)23)17(21)25-10-9-24-16-6-4-3-5-13(16)18/h3-8,11H,9-10H2,1-2H3. The highest BCUT2D eigenvalue weighted by Crippen LogP contribution is 2.27. The Balaban J connectivity index is 1.96. The van der Waals surface area contributed by atoms with Gasteiger partial charge in [0.25, 0.3) is 5.69 Å². The van der Waals surface area contributed by atoms with E-state index in [-0.39, 0.29) is 30.2 Å². The van der Waals surface area contributed by atoms with Crippen LogP contribution in [0.15, 0.2) is 42.5 Å². The number of benzene rings is 2. The van der Waals surface area contributed by atoms with Crippen LogP contribution in [0, 0.1) is 15.9 Å². The fourth-order valence-electron chi connectivity index (χ4n) is 2.11. The monoisotopic (exact) mass is 348 g/mol. The van der Waals surface area contributed by atoms with E-state index < -0.39 is 16.7 Å². The molecular formula is C17H17FN2O5. The van der Waals surface area contributed by atoms with Gasteiger partial charge in [-0.15, -0.1) is 0 Å². The van der Waals surface area contributed by atoms with E-state index in [1.807, 2.05) is 0 Å². The first-order chi connectivity index (χ1) is 11.9. The zero-order chi connectivity index (χ0) is 18.4. The summed E-state index contributed by atoms with van der Waals surface area (Å²) in [5.41, 5.74) is 0.245. The van der Waals surface area contributed by atoms with E-state index in [0.717, 1.165) is 6.07 Å². The number of nitrogens with zero attached hydrogens (tertiary/aromatic N) is 2. The molecule has 0 spiro atoms. The lowest BCUT2D eigenvalue weighted by Crippen LogP contribution is -2.14. The maximum absolute atomic E-state index is 13.4. The molecule has 2 rings (SSSR count). The molecule has 0 saturated heterocycles. The molecule has 0 aliphatic rings. The van der Waals surface area contributed by atoms with Gasteiger partial charge in [-0.05, 0) is 24.3 Å². The van der Waals surface area contributed by atoms with Gasteiger partial charge >= 0.3 is 5.97 Å². The predicted octanol–water partition coefficient (Wildman–Crippen LogP) is 3.04. The number of hydrogen-bond acceptors (Lipinski definition) is 6. The van der Waals surface area contributed by atoms with Crippen LogP contribution in [0.25, 0.3) is 0 Å². The lowest BCUT2D eigenvalue weighted by atomic mass is 10.1. The molecule has 2 aromatic rings. The van der Waals surface area contributed by atoms with Crippen molar-refractivity contribution < 1.29 is 23.6 Å². The van der Waals surface area contributed by atoms with E-state index in [0.29, 0.717) is 5.69 Å². The second-order valence-corrected chi connectivity index (χ2v) is 5.27. The van der Waals surface area contributed by atoms with Crippen LogP contribution in [-0.4, -0.2) is 38.2 Å². The van der Waals surface area contributed by atoms with Crippen molar-refractivity contribution in [2.24, 2.45) is 0 Å². The van der Waals surface area contributed by atoms with E-state index in [4.69, 9.17) is 9.47 Å².